The second-order valence-corrected chi connectivity index (χ2v) is 5.89. The topological polar surface area (TPSA) is 36.4 Å². The predicted octanol–water partition coefficient (Wildman–Crippen LogP) is 3.15. The van der Waals surface area contributed by atoms with Gasteiger partial charge in [0.05, 0.1) is 0 Å². The minimum absolute atomic E-state index is 0. The van der Waals surface area contributed by atoms with Crippen LogP contribution in [0.5, 0.6) is 0 Å². The summed E-state index contributed by atoms with van der Waals surface area (Å²) in [7, 11) is 0. The van der Waals surface area contributed by atoms with Crippen molar-refractivity contribution in [1.29, 1.82) is 0 Å². The molecule has 2 rings (SSSR count). The number of rotatable bonds is 3. The molecule has 0 saturated heterocycles. The van der Waals surface area contributed by atoms with Gasteiger partial charge in [-0.2, -0.15) is 0 Å². The first-order chi connectivity index (χ1) is 8.19. The largest absolute Gasteiger partial charge is 0.354 e. The highest BCUT2D eigenvalue weighted by Crippen LogP contribution is 2.29. The average molecular weight is 365 g/mol. The zero-order chi connectivity index (χ0) is 12.3. The van der Waals surface area contributed by atoms with Crippen LogP contribution in [0.25, 0.3) is 0 Å². The van der Waals surface area contributed by atoms with Crippen LogP contribution in [0, 0.1) is 11.8 Å². The molecule has 0 aromatic rings. The highest BCUT2D eigenvalue weighted by Gasteiger charge is 2.33. The summed E-state index contributed by atoms with van der Waals surface area (Å²) >= 11 is 0. The molecule has 0 aromatic carbocycles. The van der Waals surface area contributed by atoms with Crippen molar-refractivity contribution in [2.75, 3.05) is 6.54 Å². The molecule has 2 aliphatic rings. The zero-order valence-corrected chi connectivity index (χ0v) is 14.2. The molecule has 2 N–H and O–H groups in total. The van der Waals surface area contributed by atoms with Crippen LogP contribution in [0.3, 0.4) is 0 Å². The van der Waals surface area contributed by atoms with Crippen LogP contribution in [0.15, 0.2) is 4.99 Å². The maximum Gasteiger partial charge on any atom is 0.191 e. The molecule has 4 heteroatoms. The average Bonchev–Trinajstić information content (AvgIpc) is 2.98. The van der Waals surface area contributed by atoms with Crippen molar-refractivity contribution in [3.63, 3.8) is 0 Å². The molecule has 0 radical (unpaired) electrons. The Kier molecular flexibility index (Phi) is 6.74. The lowest BCUT2D eigenvalue weighted by molar-refractivity contribution is 0.329. The number of aliphatic imine (C=N–C) groups is 1. The molecule has 0 heterocycles. The van der Waals surface area contributed by atoms with Crippen LogP contribution in [-0.4, -0.2) is 24.6 Å². The van der Waals surface area contributed by atoms with Gasteiger partial charge in [-0.15, -0.1) is 24.0 Å². The van der Waals surface area contributed by atoms with Gasteiger partial charge in [0.25, 0.3) is 0 Å². The van der Waals surface area contributed by atoms with E-state index < -0.39 is 0 Å². The van der Waals surface area contributed by atoms with Crippen molar-refractivity contribution in [3.8, 4) is 0 Å². The van der Waals surface area contributed by atoms with E-state index in [0.717, 1.165) is 24.3 Å². The lowest BCUT2D eigenvalue weighted by Crippen LogP contribution is -2.45. The normalized spacial score (nSPS) is 35.6. The number of nitrogens with zero attached hydrogens (tertiary/aromatic N) is 1. The van der Waals surface area contributed by atoms with Crippen molar-refractivity contribution in [2.45, 2.75) is 65.0 Å². The maximum atomic E-state index is 4.55. The van der Waals surface area contributed by atoms with E-state index in [4.69, 9.17) is 0 Å². The van der Waals surface area contributed by atoms with Crippen LogP contribution in [0.1, 0.15) is 52.9 Å². The summed E-state index contributed by atoms with van der Waals surface area (Å²) in [6, 6.07) is 1.30. The molecular weight excluding hydrogens is 337 g/mol. The first-order valence-corrected chi connectivity index (χ1v) is 7.26. The van der Waals surface area contributed by atoms with Crippen LogP contribution in [-0.2, 0) is 0 Å². The molecule has 2 fully saturated rings. The molecule has 0 bridgehead atoms. The minimum Gasteiger partial charge on any atom is -0.354 e. The standard InChI is InChI=1S/C14H27N3.HI/c1-4-15-14(17-13-9-11(13)3)16-12-7-5-10(2)6-8-12;/h10-13H,4-9H2,1-3H3,(H2,15,16,17);1H. The summed E-state index contributed by atoms with van der Waals surface area (Å²) in [6.45, 7) is 7.62. The summed E-state index contributed by atoms with van der Waals surface area (Å²) in [4.78, 5) is 4.55. The van der Waals surface area contributed by atoms with Gasteiger partial charge in [0.2, 0.25) is 0 Å². The molecule has 2 atom stereocenters. The van der Waals surface area contributed by atoms with Crippen LogP contribution >= 0.6 is 24.0 Å². The molecule has 2 aliphatic carbocycles. The summed E-state index contributed by atoms with van der Waals surface area (Å²) in [5.41, 5.74) is 0. The lowest BCUT2D eigenvalue weighted by atomic mass is 9.87. The van der Waals surface area contributed by atoms with Gasteiger partial charge >= 0.3 is 0 Å². The molecule has 3 nitrogen and oxygen atoms in total. The van der Waals surface area contributed by atoms with Crippen molar-refractivity contribution >= 4 is 29.9 Å². The predicted molar refractivity (Wildman–Crippen MR) is 88.7 cm³/mol. The molecule has 0 aromatic heterocycles. The third-order valence-electron chi connectivity index (χ3n) is 4.10. The monoisotopic (exact) mass is 365 g/mol. The highest BCUT2D eigenvalue weighted by atomic mass is 127. The first-order valence-electron chi connectivity index (χ1n) is 7.26. The molecule has 2 unspecified atom stereocenters. The number of guanidine groups is 1. The van der Waals surface area contributed by atoms with Crippen molar-refractivity contribution < 1.29 is 0 Å². The zero-order valence-electron chi connectivity index (χ0n) is 11.9. The molecule has 106 valence electrons. The van der Waals surface area contributed by atoms with E-state index in [1.54, 1.807) is 0 Å². The van der Waals surface area contributed by atoms with Crippen molar-refractivity contribution in [3.05, 3.63) is 0 Å². The number of nitrogens with one attached hydrogen (secondary N) is 2. The fourth-order valence-corrected chi connectivity index (χ4v) is 2.59. The number of hydrogen-bond acceptors (Lipinski definition) is 1. The Labute approximate surface area is 129 Å². The van der Waals surface area contributed by atoms with Crippen molar-refractivity contribution in [2.24, 2.45) is 16.8 Å². The maximum absolute atomic E-state index is 4.55. The molecule has 18 heavy (non-hydrogen) atoms. The Hall–Kier alpha value is 0. The first kappa shape index (κ1) is 16.1. The summed E-state index contributed by atoms with van der Waals surface area (Å²) < 4.78 is 0. The van der Waals surface area contributed by atoms with Gasteiger partial charge in [-0.1, -0.05) is 13.8 Å². The Balaban J connectivity index is 0.00000162. The highest BCUT2D eigenvalue weighted by molar-refractivity contribution is 14.0. The molecule has 0 spiro atoms. The van der Waals surface area contributed by atoms with E-state index in [2.05, 4.69) is 36.4 Å². The van der Waals surface area contributed by atoms with E-state index in [-0.39, 0.29) is 24.0 Å². The van der Waals surface area contributed by atoms with Gasteiger partial charge < -0.3 is 10.6 Å². The molecule has 2 saturated carbocycles. The summed E-state index contributed by atoms with van der Waals surface area (Å²) in [5.74, 6) is 2.78. The lowest BCUT2D eigenvalue weighted by Gasteiger charge is -2.28. The Morgan fingerprint density at radius 3 is 2.22 bits per heavy atom. The van der Waals surface area contributed by atoms with Crippen LogP contribution in [0.2, 0.25) is 0 Å². The molecular formula is C14H28IN3. The van der Waals surface area contributed by atoms with Crippen LogP contribution in [0.4, 0.5) is 0 Å². The molecule has 0 aliphatic heterocycles. The van der Waals surface area contributed by atoms with Gasteiger partial charge in [0.1, 0.15) is 0 Å². The smallest absolute Gasteiger partial charge is 0.191 e. The fraction of sp³-hybridized carbons (Fsp3) is 0.929. The Bertz CT molecular complexity index is 272. The van der Waals surface area contributed by atoms with E-state index in [1.165, 1.54) is 32.1 Å². The third-order valence-corrected chi connectivity index (χ3v) is 4.10. The van der Waals surface area contributed by atoms with Gasteiger partial charge in [-0.25, -0.2) is 0 Å². The Morgan fingerprint density at radius 2 is 1.72 bits per heavy atom. The van der Waals surface area contributed by atoms with Gasteiger partial charge in [0.15, 0.2) is 5.96 Å². The van der Waals surface area contributed by atoms with E-state index in [0.29, 0.717) is 12.1 Å². The third kappa shape index (κ3) is 4.94. The SMILES string of the molecule is CCN=C(NC1CCC(C)CC1)NC1CC1C.I. The van der Waals surface area contributed by atoms with E-state index in [9.17, 15) is 0 Å². The number of halogens is 1. The number of hydrogen-bond donors (Lipinski definition) is 2. The van der Waals surface area contributed by atoms with Gasteiger partial charge in [-0.3, -0.25) is 4.99 Å². The minimum atomic E-state index is 0. The fourth-order valence-electron chi connectivity index (χ4n) is 2.59. The second kappa shape index (κ2) is 7.56. The van der Waals surface area contributed by atoms with E-state index >= 15 is 0 Å². The molecule has 0 amide bonds. The Morgan fingerprint density at radius 1 is 1.11 bits per heavy atom. The summed E-state index contributed by atoms with van der Waals surface area (Å²) in [6.07, 6.45) is 6.61. The van der Waals surface area contributed by atoms with Crippen LogP contribution < -0.4 is 10.6 Å². The summed E-state index contributed by atoms with van der Waals surface area (Å²) in [5, 5.41) is 7.15. The quantitative estimate of drug-likeness (QED) is 0.458. The second-order valence-electron chi connectivity index (χ2n) is 5.89. The van der Waals surface area contributed by atoms with Gasteiger partial charge in [0, 0.05) is 18.6 Å². The van der Waals surface area contributed by atoms with Gasteiger partial charge in [-0.05, 0) is 50.9 Å². The van der Waals surface area contributed by atoms with E-state index in [1.807, 2.05) is 0 Å². The van der Waals surface area contributed by atoms with Crippen molar-refractivity contribution in [1.82, 2.24) is 10.6 Å².